The quantitative estimate of drug-likeness (QED) is 0.679. The zero-order valence-electron chi connectivity index (χ0n) is 13.5. The smallest absolute Gasteiger partial charge is 0.00684 e. The molecule has 0 amide bonds. The van der Waals surface area contributed by atoms with Gasteiger partial charge in [-0.3, -0.25) is 0 Å². The largest absolute Gasteiger partial charge is 0.313 e. The number of nitrogens with one attached hydrogen (secondary N) is 1. The van der Waals surface area contributed by atoms with E-state index in [1.165, 1.54) is 90.4 Å². The maximum absolute atomic E-state index is 3.87. The summed E-state index contributed by atoms with van der Waals surface area (Å²) in [7, 11) is 0. The van der Waals surface area contributed by atoms with Crippen LogP contribution in [0, 0.1) is 11.3 Å². The fourth-order valence-corrected chi connectivity index (χ4v) is 3.96. The van der Waals surface area contributed by atoms with E-state index in [9.17, 15) is 0 Å². The van der Waals surface area contributed by atoms with Crippen molar-refractivity contribution in [2.75, 3.05) is 26.2 Å². The molecule has 0 heterocycles. The molecule has 0 saturated heterocycles. The predicted molar refractivity (Wildman–Crippen MR) is 86.0 cm³/mol. The average Bonchev–Trinajstić information content (AvgIpc) is 3.30. The molecule has 0 atom stereocenters. The molecule has 0 aliphatic heterocycles. The summed E-state index contributed by atoms with van der Waals surface area (Å²) in [6.45, 7) is 7.64. The molecule has 3 saturated carbocycles. The third kappa shape index (κ3) is 4.46. The zero-order valence-corrected chi connectivity index (χ0v) is 13.5. The van der Waals surface area contributed by atoms with Crippen LogP contribution >= 0.6 is 0 Å². The first-order chi connectivity index (χ1) is 9.80. The van der Waals surface area contributed by atoms with Crippen LogP contribution in [-0.2, 0) is 0 Å². The highest BCUT2D eigenvalue weighted by Crippen LogP contribution is 2.38. The predicted octanol–water partition coefficient (Wildman–Crippen LogP) is 3.81. The lowest BCUT2D eigenvalue weighted by Crippen LogP contribution is -2.45. The fourth-order valence-electron chi connectivity index (χ4n) is 3.96. The van der Waals surface area contributed by atoms with Crippen LogP contribution in [0.15, 0.2) is 0 Å². The number of hydrogen-bond donors (Lipinski definition) is 1. The van der Waals surface area contributed by atoms with E-state index in [1.807, 2.05) is 0 Å². The highest BCUT2D eigenvalue weighted by atomic mass is 15.1. The first-order valence-corrected chi connectivity index (χ1v) is 9.25. The Hall–Kier alpha value is -0.0800. The minimum atomic E-state index is 0.587. The molecule has 3 fully saturated rings. The summed E-state index contributed by atoms with van der Waals surface area (Å²) >= 11 is 0. The van der Waals surface area contributed by atoms with Gasteiger partial charge < -0.3 is 10.2 Å². The number of rotatable bonds is 8. The average molecular weight is 278 g/mol. The first kappa shape index (κ1) is 14.8. The molecule has 2 heteroatoms. The maximum Gasteiger partial charge on any atom is 0.00684 e. The van der Waals surface area contributed by atoms with Gasteiger partial charge in [-0.05, 0) is 56.4 Å². The van der Waals surface area contributed by atoms with Gasteiger partial charge in [-0.1, -0.05) is 32.6 Å². The van der Waals surface area contributed by atoms with Crippen molar-refractivity contribution < 1.29 is 0 Å². The summed E-state index contributed by atoms with van der Waals surface area (Å²) in [5.74, 6) is 1.04. The van der Waals surface area contributed by atoms with E-state index in [4.69, 9.17) is 0 Å². The number of hydrogen-bond acceptors (Lipinski definition) is 2. The Kier molecular flexibility index (Phi) is 5.04. The van der Waals surface area contributed by atoms with E-state index in [2.05, 4.69) is 17.1 Å². The monoisotopic (exact) mass is 278 g/mol. The zero-order chi connectivity index (χ0) is 13.8. The second kappa shape index (κ2) is 6.79. The van der Waals surface area contributed by atoms with Crippen LogP contribution in [0.2, 0.25) is 0 Å². The lowest BCUT2D eigenvalue weighted by Gasteiger charge is -2.38. The van der Waals surface area contributed by atoms with Crippen LogP contribution < -0.4 is 5.32 Å². The van der Waals surface area contributed by atoms with Gasteiger partial charge in [0.1, 0.15) is 0 Å². The fraction of sp³-hybridized carbons (Fsp3) is 1.00. The van der Waals surface area contributed by atoms with Crippen molar-refractivity contribution in [1.29, 1.82) is 0 Å². The van der Waals surface area contributed by atoms with Crippen molar-refractivity contribution in [3.8, 4) is 0 Å². The molecular formula is C18H34N2. The van der Waals surface area contributed by atoms with Crippen molar-refractivity contribution in [2.24, 2.45) is 11.3 Å². The molecule has 1 N–H and O–H groups in total. The van der Waals surface area contributed by atoms with Crippen molar-refractivity contribution >= 4 is 0 Å². The molecule has 0 spiro atoms. The third-order valence-corrected chi connectivity index (χ3v) is 5.73. The highest BCUT2D eigenvalue weighted by Gasteiger charge is 2.35. The maximum atomic E-state index is 3.87. The normalized spacial score (nSPS) is 26.7. The molecule has 3 aliphatic carbocycles. The minimum absolute atomic E-state index is 0.587. The Balaban J connectivity index is 1.58. The molecule has 0 radical (unpaired) electrons. The summed E-state index contributed by atoms with van der Waals surface area (Å²) < 4.78 is 0. The van der Waals surface area contributed by atoms with Crippen LogP contribution in [0.1, 0.15) is 71.1 Å². The molecule has 0 aromatic heterocycles. The molecule has 116 valence electrons. The lowest BCUT2D eigenvalue weighted by molar-refractivity contribution is 0.126. The Morgan fingerprint density at radius 3 is 2.25 bits per heavy atom. The molecule has 20 heavy (non-hydrogen) atoms. The second-order valence-corrected chi connectivity index (χ2v) is 7.84. The molecule has 2 nitrogen and oxygen atoms in total. The van der Waals surface area contributed by atoms with Crippen LogP contribution in [0.25, 0.3) is 0 Å². The van der Waals surface area contributed by atoms with Crippen LogP contribution in [-0.4, -0.2) is 37.1 Å². The van der Waals surface area contributed by atoms with E-state index < -0.39 is 0 Å². The van der Waals surface area contributed by atoms with Crippen LogP contribution in [0.4, 0.5) is 0 Å². The summed E-state index contributed by atoms with van der Waals surface area (Å²) in [6.07, 6.45) is 14.6. The van der Waals surface area contributed by atoms with Gasteiger partial charge in [-0.25, -0.2) is 0 Å². The molecular weight excluding hydrogens is 244 g/mol. The minimum Gasteiger partial charge on any atom is -0.313 e. The third-order valence-electron chi connectivity index (χ3n) is 5.73. The lowest BCUT2D eigenvalue weighted by atomic mass is 9.79. The number of nitrogens with zero attached hydrogens (tertiary/aromatic N) is 1. The van der Waals surface area contributed by atoms with Crippen LogP contribution in [0.5, 0.6) is 0 Å². The first-order valence-electron chi connectivity index (χ1n) is 9.25. The molecule has 0 aromatic carbocycles. The van der Waals surface area contributed by atoms with E-state index in [0.29, 0.717) is 5.41 Å². The van der Waals surface area contributed by atoms with Crippen molar-refractivity contribution in [2.45, 2.75) is 77.2 Å². The van der Waals surface area contributed by atoms with Gasteiger partial charge >= 0.3 is 0 Å². The SMILES string of the molecule is CCN(CC1CC1)CC1(CNC2CC2)CCCCCC1. The summed E-state index contributed by atoms with van der Waals surface area (Å²) in [5.41, 5.74) is 0.587. The van der Waals surface area contributed by atoms with Gasteiger partial charge in [-0.2, -0.15) is 0 Å². The molecule has 0 bridgehead atoms. The van der Waals surface area contributed by atoms with E-state index in [0.717, 1.165) is 12.0 Å². The Morgan fingerprint density at radius 1 is 1.00 bits per heavy atom. The van der Waals surface area contributed by atoms with Gasteiger partial charge in [0.05, 0.1) is 0 Å². The Bertz CT molecular complexity index is 286. The molecule has 3 rings (SSSR count). The van der Waals surface area contributed by atoms with Gasteiger partial charge in [0.2, 0.25) is 0 Å². The highest BCUT2D eigenvalue weighted by molar-refractivity contribution is 4.91. The van der Waals surface area contributed by atoms with Crippen molar-refractivity contribution in [3.05, 3.63) is 0 Å². The van der Waals surface area contributed by atoms with Gasteiger partial charge in [0.25, 0.3) is 0 Å². The Morgan fingerprint density at radius 2 is 1.70 bits per heavy atom. The van der Waals surface area contributed by atoms with E-state index in [-0.39, 0.29) is 0 Å². The molecule has 0 unspecified atom stereocenters. The van der Waals surface area contributed by atoms with Crippen LogP contribution in [0.3, 0.4) is 0 Å². The Labute approximate surface area is 125 Å². The molecule has 3 aliphatic rings. The van der Waals surface area contributed by atoms with E-state index in [1.54, 1.807) is 0 Å². The summed E-state index contributed by atoms with van der Waals surface area (Å²) in [4.78, 5) is 2.78. The van der Waals surface area contributed by atoms with Crippen molar-refractivity contribution in [3.63, 3.8) is 0 Å². The van der Waals surface area contributed by atoms with E-state index >= 15 is 0 Å². The summed E-state index contributed by atoms with van der Waals surface area (Å²) in [5, 5.41) is 3.87. The van der Waals surface area contributed by atoms with Crippen molar-refractivity contribution in [1.82, 2.24) is 10.2 Å². The second-order valence-electron chi connectivity index (χ2n) is 7.84. The van der Waals surface area contributed by atoms with Gasteiger partial charge in [-0.15, -0.1) is 0 Å². The summed E-state index contributed by atoms with van der Waals surface area (Å²) in [6, 6.07) is 0.869. The standard InChI is InChI=1S/C18H34N2/c1-2-20(13-16-7-8-16)15-18(14-19-17-9-10-17)11-5-3-4-6-12-18/h16-17,19H,2-15H2,1H3. The topological polar surface area (TPSA) is 15.3 Å². The van der Waals surface area contributed by atoms with Gasteiger partial charge in [0, 0.05) is 25.7 Å². The molecule has 0 aromatic rings. The van der Waals surface area contributed by atoms with Gasteiger partial charge in [0.15, 0.2) is 0 Å².